The Morgan fingerprint density at radius 3 is 2.78 bits per heavy atom. The van der Waals surface area contributed by atoms with Crippen molar-refractivity contribution in [1.82, 2.24) is 10.2 Å². The van der Waals surface area contributed by atoms with Crippen LogP contribution in [0.1, 0.15) is 16.7 Å². The first-order valence-corrected chi connectivity index (χ1v) is 8.67. The van der Waals surface area contributed by atoms with Crippen LogP contribution in [0.4, 0.5) is 4.39 Å². The fraction of sp³-hybridized carbons (Fsp3) is 0.350. The van der Waals surface area contributed by atoms with Crippen LogP contribution in [0.2, 0.25) is 0 Å². The number of hydrogen-bond acceptors (Lipinski definition) is 4. The zero-order valence-electron chi connectivity index (χ0n) is 15.8. The molecule has 6 nitrogen and oxygen atoms in total. The molecule has 2 aromatic carbocycles. The molecule has 144 valence electrons. The van der Waals surface area contributed by atoms with Crippen LogP contribution in [-0.4, -0.2) is 38.9 Å². The Bertz CT molecular complexity index is 809. The molecule has 0 bridgehead atoms. The molecule has 0 unspecified atom stereocenters. The molecule has 1 aliphatic heterocycles. The van der Waals surface area contributed by atoms with Gasteiger partial charge in [-0.3, -0.25) is 4.99 Å². The second-order valence-corrected chi connectivity index (χ2v) is 6.27. The van der Waals surface area contributed by atoms with Gasteiger partial charge in [-0.05, 0) is 29.8 Å². The number of rotatable bonds is 5. The molecular formula is C20H24FN3O3. The maximum Gasteiger partial charge on any atom is 0.193 e. The quantitative estimate of drug-likeness (QED) is 0.645. The van der Waals surface area contributed by atoms with E-state index in [9.17, 15) is 4.39 Å². The molecule has 1 N–H and O–H groups in total. The molecule has 0 amide bonds. The van der Waals surface area contributed by atoms with Crippen molar-refractivity contribution in [1.29, 1.82) is 0 Å². The number of fused-ring (bicyclic) bond motifs is 1. The fourth-order valence-electron chi connectivity index (χ4n) is 3.03. The van der Waals surface area contributed by atoms with Gasteiger partial charge in [-0.25, -0.2) is 4.39 Å². The van der Waals surface area contributed by atoms with Crippen LogP contribution in [0, 0.1) is 5.82 Å². The average Bonchev–Trinajstić information content (AvgIpc) is 2.68. The van der Waals surface area contributed by atoms with E-state index in [1.165, 1.54) is 12.1 Å². The van der Waals surface area contributed by atoms with Crippen molar-refractivity contribution in [2.45, 2.75) is 19.7 Å². The van der Waals surface area contributed by atoms with Gasteiger partial charge >= 0.3 is 0 Å². The molecule has 3 rings (SSSR count). The van der Waals surface area contributed by atoms with E-state index in [1.54, 1.807) is 14.2 Å². The number of nitrogens with zero attached hydrogens (tertiary/aromatic N) is 2. The predicted octanol–water partition coefficient (Wildman–Crippen LogP) is 2.91. The molecule has 0 saturated heterocycles. The molecule has 0 aliphatic carbocycles. The molecule has 1 heterocycles. The summed E-state index contributed by atoms with van der Waals surface area (Å²) < 4.78 is 29.8. The van der Waals surface area contributed by atoms with Gasteiger partial charge in [-0.15, -0.1) is 0 Å². The Morgan fingerprint density at radius 1 is 1.30 bits per heavy atom. The number of methoxy groups -OCH3 is 1. The first-order valence-electron chi connectivity index (χ1n) is 8.67. The maximum absolute atomic E-state index is 13.9. The lowest BCUT2D eigenvalue weighted by Gasteiger charge is -2.24. The summed E-state index contributed by atoms with van der Waals surface area (Å²) in [5.41, 5.74) is 2.59. The molecule has 0 atom stereocenters. The summed E-state index contributed by atoms with van der Waals surface area (Å²) in [6, 6.07) is 10.8. The van der Waals surface area contributed by atoms with Crippen LogP contribution in [-0.2, 0) is 24.4 Å². The van der Waals surface area contributed by atoms with Gasteiger partial charge in [0.1, 0.15) is 17.3 Å². The summed E-state index contributed by atoms with van der Waals surface area (Å²) in [7, 11) is 5.32. The number of hydrogen-bond donors (Lipinski definition) is 1. The lowest BCUT2D eigenvalue weighted by Crippen LogP contribution is -2.38. The third kappa shape index (κ3) is 4.68. The highest BCUT2D eigenvalue weighted by Gasteiger charge is 2.17. The van der Waals surface area contributed by atoms with Crippen LogP contribution < -0.4 is 14.8 Å². The Labute approximate surface area is 158 Å². The van der Waals surface area contributed by atoms with Crippen molar-refractivity contribution in [3.05, 3.63) is 58.9 Å². The first kappa shape index (κ1) is 19.0. The summed E-state index contributed by atoms with van der Waals surface area (Å²) in [6.45, 7) is 1.61. The standard InChI is InChI=1S/C20H24FN3O3/c1-22-20(24(2)11-14-4-6-18(25-3)7-5-14)23-10-15-8-17(21)9-16-12-26-13-27-19(15)16/h4-9H,10-13H2,1-3H3,(H,22,23). The minimum Gasteiger partial charge on any atom is -0.497 e. The van der Waals surface area contributed by atoms with Gasteiger partial charge in [-0.2, -0.15) is 0 Å². The zero-order valence-corrected chi connectivity index (χ0v) is 15.8. The highest BCUT2D eigenvalue weighted by Crippen LogP contribution is 2.29. The minimum absolute atomic E-state index is 0.178. The zero-order chi connectivity index (χ0) is 19.2. The number of nitrogens with one attached hydrogen (secondary N) is 1. The third-order valence-corrected chi connectivity index (χ3v) is 4.34. The van der Waals surface area contributed by atoms with Gasteiger partial charge in [0, 0.05) is 38.3 Å². The number of halogens is 1. The van der Waals surface area contributed by atoms with Crippen molar-refractivity contribution < 1.29 is 18.6 Å². The SMILES string of the molecule is CN=C(NCc1cc(F)cc2c1OCOC2)N(C)Cc1ccc(OC)cc1. The first-order chi connectivity index (χ1) is 13.1. The molecular weight excluding hydrogens is 349 g/mol. The van der Waals surface area contributed by atoms with Gasteiger partial charge in [0.15, 0.2) is 12.8 Å². The normalized spacial score (nSPS) is 13.6. The van der Waals surface area contributed by atoms with E-state index in [0.717, 1.165) is 22.4 Å². The molecule has 1 aliphatic rings. The van der Waals surface area contributed by atoms with Crippen LogP contribution in [0.15, 0.2) is 41.4 Å². The molecule has 27 heavy (non-hydrogen) atoms. The van der Waals surface area contributed by atoms with Crippen LogP contribution in [0.3, 0.4) is 0 Å². The van der Waals surface area contributed by atoms with E-state index in [2.05, 4.69) is 10.3 Å². The predicted molar refractivity (Wildman–Crippen MR) is 101 cm³/mol. The fourth-order valence-corrected chi connectivity index (χ4v) is 3.03. The van der Waals surface area contributed by atoms with Gasteiger partial charge in [0.05, 0.1) is 13.7 Å². The highest BCUT2D eigenvalue weighted by molar-refractivity contribution is 5.79. The topological polar surface area (TPSA) is 55.3 Å². The lowest BCUT2D eigenvalue weighted by atomic mass is 10.1. The van der Waals surface area contributed by atoms with E-state index >= 15 is 0 Å². The molecule has 2 aromatic rings. The Hall–Kier alpha value is -2.80. The summed E-state index contributed by atoms with van der Waals surface area (Å²) in [6.07, 6.45) is 0. The number of benzene rings is 2. The van der Waals surface area contributed by atoms with Gasteiger partial charge in [-0.1, -0.05) is 12.1 Å². The summed E-state index contributed by atoms with van der Waals surface area (Å²) in [5, 5.41) is 3.27. The van der Waals surface area contributed by atoms with Crippen molar-refractivity contribution in [2.75, 3.05) is 28.0 Å². The number of aliphatic imine (C=N–C) groups is 1. The lowest BCUT2D eigenvalue weighted by molar-refractivity contribution is -0.0173. The summed E-state index contributed by atoms with van der Waals surface area (Å²) in [4.78, 5) is 6.31. The van der Waals surface area contributed by atoms with Crippen LogP contribution >= 0.6 is 0 Å². The highest BCUT2D eigenvalue weighted by atomic mass is 19.1. The monoisotopic (exact) mass is 373 g/mol. The molecule has 0 saturated carbocycles. The largest absolute Gasteiger partial charge is 0.497 e. The molecule has 0 radical (unpaired) electrons. The smallest absolute Gasteiger partial charge is 0.193 e. The van der Waals surface area contributed by atoms with Crippen molar-refractivity contribution in [2.24, 2.45) is 4.99 Å². The van der Waals surface area contributed by atoms with Crippen molar-refractivity contribution in [3.8, 4) is 11.5 Å². The number of ether oxygens (including phenoxy) is 3. The van der Waals surface area contributed by atoms with Gasteiger partial charge in [0.25, 0.3) is 0 Å². The molecule has 0 fully saturated rings. The van der Waals surface area contributed by atoms with Crippen molar-refractivity contribution >= 4 is 5.96 Å². The Balaban J connectivity index is 1.66. The molecule has 0 aromatic heterocycles. The maximum atomic E-state index is 13.9. The second-order valence-electron chi connectivity index (χ2n) is 6.27. The third-order valence-electron chi connectivity index (χ3n) is 4.34. The van der Waals surface area contributed by atoms with E-state index in [4.69, 9.17) is 14.2 Å². The Kier molecular flexibility index (Phi) is 6.13. The summed E-state index contributed by atoms with van der Waals surface area (Å²) in [5.74, 6) is 1.91. The van der Waals surface area contributed by atoms with Crippen LogP contribution in [0.5, 0.6) is 11.5 Å². The average molecular weight is 373 g/mol. The Morgan fingerprint density at radius 2 is 2.07 bits per heavy atom. The second kappa shape index (κ2) is 8.73. The van der Waals surface area contributed by atoms with E-state index in [1.807, 2.05) is 36.2 Å². The van der Waals surface area contributed by atoms with Gasteiger partial charge in [0.2, 0.25) is 0 Å². The summed E-state index contributed by atoms with van der Waals surface area (Å²) >= 11 is 0. The van der Waals surface area contributed by atoms with E-state index in [0.29, 0.717) is 31.4 Å². The van der Waals surface area contributed by atoms with Crippen LogP contribution in [0.25, 0.3) is 0 Å². The minimum atomic E-state index is -0.304. The van der Waals surface area contributed by atoms with Crippen molar-refractivity contribution in [3.63, 3.8) is 0 Å². The van der Waals surface area contributed by atoms with Gasteiger partial charge < -0.3 is 24.4 Å². The van der Waals surface area contributed by atoms with E-state index < -0.39 is 0 Å². The van der Waals surface area contributed by atoms with E-state index in [-0.39, 0.29) is 12.6 Å². The number of guanidine groups is 1. The molecule has 7 heteroatoms. The molecule has 0 spiro atoms.